The Labute approximate surface area is 512 Å². The fourth-order valence-electron chi connectivity index (χ4n) is 13.9. The Morgan fingerprint density at radius 2 is 1.48 bits per heavy atom. The SMILES string of the molecule is CC[C@@]1(C)C2=C(C)[C@@H](OC(=O)C3OC(Cc4ccc(OC)cc4)N(C(=O)OCC(c4ccccc4)[Si](C)(C)C)C3c3ccccc3)C[C@@]1(O)[C@@H](OC(=O)c1ccccc1)C1[C@](C)(C(=O)C2OC(=O)CCl)[C@@H](OC(=O)CCCl)C[C@H]2OC[C@@]12OC(C)=O. The fraction of sp³-hybridized carbons (Fsp3) is 0.492. The van der Waals surface area contributed by atoms with Crippen LogP contribution in [0.5, 0.6) is 5.75 Å². The minimum absolute atomic E-state index is 0.0142. The highest BCUT2D eigenvalue weighted by Gasteiger charge is 2.79. The van der Waals surface area contributed by atoms with Crippen LogP contribution < -0.4 is 4.74 Å². The molecule has 2 bridgehead atoms. The molecule has 0 aromatic heterocycles. The maximum Gasteiger partial charge on any atom is 0.412 e. The molecule has 86 heavy (non-hydrogen) atoms. The van der Waals surface area contributed by atoms with Gasteiger partial charge in [-0.25, -0.2) is 14.4 Å². The molecule has 2 aliphatic heterocycles. The van der Waals surface area contributed by atoms with Crippen LogP contribution in [0.3, 0.4) is 0 Å². The third kappa shape index (κ3) is 11.8. The highest BCUT2D eigenvalue weighted by molar-refractivity contribution is 6.77. The van der Waals surface area contributed by atoms with Gasteiger partial charge in [-0.15, -0.1) is 23.2 Å². The Morgan fingerprint density at radius 1 is 0.837 bits per heavy atom. The first-order chi connectivity index (χ1) is 40.9. The van der Waals surface area contributed by atoms with E-state index in [1.54, 1.807) is 88.5 Å². The maximum atomic E-state index is 16.5. The second-order valence-corrected chi connectivity index (χ2v) is 30.5. The van der Waals surface area contributed by atoms with Crippen molar-refractivity contribution in [2.24, 2.45) is 16.7 Å². The molecule has 4 fully saturated rings. The summed E-state index contributed by atoms with van der Waals surface area (Å²) in [7, 11) is -0.522. The zero-order valence-electron chi connectivity index (χ0n) is 49.8. The number of esters is 5. The summed E-state index contributed by atoms with van der Waals surface area (Å²) in [5.74, 6) is -7.49. The van der Waals surface area contributed by atoms with E-state index >= 15 is 14.4 Å². The predicted molar refractivity (Wildman–Crippen MR) is 318 cm³/mol. The van der Waals surface area contributed by atoms with Gasteiger partial charge < -0.3 is 47.7 Å². The van der Waals surface area contributed by atoms with Crippen LogP contribution >= 0.6 is 23.2 Å². The van der Waals surface area contributed by atoms with E-state index in [4.69, 9.17) is 65.8 Å². The zero-order valence-corrected chi connectivity index (χ0v) is 52.3. The average Bonchev–Trinajstić information content (AvgIpc) is 0.755. The predicted octanol–water partition coefficient (Wildman–Crippen LogP) is 9.81. The Bertz CT molecular complexity index is 3200. The number of carbonyl (C=O) groups excluding carboxylic acids is 7. The Hall–Kier alpha value is -6.61. The molecule has 1 N–H and O–H groups in total. The summed E-state index contributed by atoms with van der Waals surface area (Å²) in [4.78, 5) is 105. The number of hydrogen-bond acceptors (Lipinski definition) is 17. The topological polar surface area (TPSA) is 226 Å². The van der Waals surface area contributed by atoms with Crippen molar-refractivity contribution in [2.75, 3.05) is 32.1 Å². The van der Waals surface area contributed by atoms with Crippen LogP contribution in [-0.2, 0) is 68.3 Å². The quantitative estimate of drug-likeness (QED) is 0.0303. The molecule has 2 saturated carbocycles. The summed E-state index contributed by atoms with van der Waals surface area (Å²) in [5, 5.41) is 14.6. The highest BCUT2D eigenvalue weighted by Crippen LogP contribution is 2.66. The molecule has 1 amide bonds. The molecule has 6 unspecified atom stereocenters. The van der Waals surface area contributed by atoms with E-state index in [0.29, 0.717) is 11.3 Å². The minimum Gasteiger partial charge on any atom is -0.497 e. The number of carbonyl (C=O) groups is 7. The van der Waals surface area contributed by atoms with Crippen LogP contribution in [0.2, 0.25) is 19.6 Å². The van der Waals surface area contributed by atoms with Crippen molar-refractivity contribution < 1.29 is 81.3 Å². The second kappa shape index (κ2) is 25.6. The lowest BCUT2D eigenvalue weighted by molar-refractivity contribution is -0.347. The van der Waals surface area contributed by atoms with Gasteiger partial charge in [-0.1, -0.05) is 124 Å². The van der Waals surface area contributed by atoms with Crippen molar-refractivity contribution in [1.29, 1.82) is 0 Å². The number of fused-ring (bicyclic) bond motifs is 5. The zero-order chi connectivity index (χ0) is 62.1. The summed E-state index contributed by atoms with van der Waals surface area (Å²) in [5.41, 5.74) is -5.97. The van der Waals surface area contributed by atoms with Crippen molar-refractivity contribution in [3.8, 4) is 5.75 Å². The van der Waals surface area contributed by atoms with E-state index in [2.05, 4.69) is 19.6 Å². The Kier molecular flexibility index (Phi) is 19.0. The van der Waals surface area contributed by atoms with Gasteiger partial charge in [-0.2, -0.15) is 0 Å². The third-order valence-corrected chi connectivity index (χ3v) is 21.5. The van der Waals surface area contributed by atoms with Crippen molar-refractivity contribution in [3.05, 3.63) is 149 Å². The van der Waals surface area contributed by atoms with E-state index in [0.717, 1.165) is 18.1 Å². The number of halogens is 2. The number of methoxy groups -OCH3 is 1. The summed E-state index contributed by atoms with van der Waals surface area (Å²) in [6.07, 6.45) is -12.6. The summed E-state index contributed by atoms with van der Waals surface area (Å²) in [6, 6.07) is 32.6. The monoisotopic (exact) mass is 1240 g/mol. The highest BCUT2D eigenvalue weighted by atomic mass is 35.5. The van der Waals surface area contributed by atoms with Crippen LogP contribution in [-0.4, -0.2) is 146 Å². The second-order valence-electron chi connectivity index (χ2n) is 24.4. The molecular weight excluding hydrogens is 1170 g/mol. The lowest BCUT2D eigenvalue weighted by Crippen LogP contribution is -2.82. The molecule has 4 aromatic carbocycles. The van der Waals surface area contributed by atoms with E-state index in [9.17, 15) is 24.3 Å². The van der Waals surface area contributed by atoms with Crippen LogP contribution in [0.15, 0.2) is 126 Å². The summed E-state index contributed by atoms with van der Waals surface area (Å²) < 4.78 is 56.9. The van der Waals surface area contributed by atoms with Gasteiger partial charge in [0.25, 0.3) is 0 Å². The molecule has 0 radical (unpaired) electrons. The number of hydrogen-bond donors (Lipinski definition) is 1. The van der Waals surface area contributed by atoms with Gasteiger partial charge in [-0.05, 0) is 72.4 Å². The van der Waals surface area contributed by atoms with E-state index < -0.39 is 139 Å². The molecule has 5 aliphatic rings. The van der Waals surface area contributed by atoms with Crippen LogP contribution in [0, 0.1) is 16.7 Å². The van der Waals surface area contributed by atoms with Crippen LogP contribution in [0.4, 0.5) is 4.79 Å². The Morgan fingerprint density at radius 3 is 2.05 bits per heavy atom. The number of alkyl halides is 2. The summed E-state index contributed by atoms with van der Waals surface area (Å²) in [6.45, 7) is 13.8. The smallest absolute Gasteiger partial charge is 0.412 e. The Balaban J connectivity index is 1.21. The van der Waals surface area contributed by atoms with Crippen molar-refractivity contribution >= 4 is 73.0 Å². The molecule has 4 aromatic rings. The maximum absolute atomic E-state index is 16.5. The van der Waals surface area contributed by atoms with Gasteiger partial charge in [0, 0.05) is 43.0 Å². The average molecular weight is 1240 g/mol. The van der Waals surface area contributed by atoms with Crippen LogP contribution in [0.25, 0.3) is 0 Å². The molecule has 2 saturated heterocycles. The summed E-state index contributed by atoms with van der Waals surface area (Å²) >= 11 is 12.3. The molecule has 2 heterocycles. The van der Waals surface area contributed by atoms with E-state index in [1.165, 1.54) is 24.0 Å². The largest absolute Gasteiger partial charge is 0.497 e. The standard InChI is InChI=1S/C65H75Cl2NO17Si/c1-10-62(4)52-38(2)45(80-60(74)55-53(42-22-16-12-17-23-42)68(49(82-55)32-40-26-28-44(77-6)29-27-40)61(75)78-36-46(86(7,8)9)41-20-14-11-15-21-41)34-65(62,76)58(84-59(73)43-24-18-13-19-25-43)56-63(5,57(72)54(52)83-51(71)35-67)47(81-50(70)30-31-66)33-48-64(56,37-79-48)85-39(3)69/h11-29,45-49,53-56,58,76H,10,30-37H2,1-9H3/t45-,46?,47-,48+,49?,53?,54?,55?,56?,58-,62-,63+,64-,65+/m0/s1. The van der Waals surface area contributed by atoms with E-state index in [1.807, 2.05) is 42.5 Å². The first-order valence-corrected chi connectivity index (χ1v) is 33.6. The molecule has 0 spiro atoms. The van der Waals surface area contributed by atoms with Crippen molar-refractivity contribution in [2.45, 2.75) is 152 Å². The minimum atomic E-state index is -2.49. The van der Waals surface area contributed by atoms with Gasteiger partial charge >= 0.3 is 35.9 Å². The normalized spacial score (nSPS) is 30.6. The van der Waals surface area contributed by atoms with Gasteiger partial charge in [-0.3, -0.25) is 24.1 Å². The van der Waals surface area contributed by atoms with Gasteiger partial charge in [0.05, 0.1) is 51.7 Å². The molecular formula is C65H75Cl2NO17Si. The molecule has 9 rings (SSSR count). The molecule has 460 valence electrons. The van der Waals surface area contributed by atoms with E-state index in [-0.39, 0.29) is 67.0 Å². The molecule has 18 nitrogen and oxygen atoms in total. The molecule has 21 heteroatoms. The first-order valence-electron chi connectivity index (χ1n) is 29.0. The number of rotatable bonds is 19. The number of ketones is 1. The molecule has 14 atom stereocenters. The lowest BCUT2D eigenvalue weighted by atomic mass is 9.44. The van der Waals surface area contributed by atoms with Crippen LogP contribution in [0.1, 0.15) is 98.9 Å². The number of Topliss-reactive ketones (excluding diaryl/α,β-unsaturated/α-hetero) is 1. The first kappa shape index (κ1) is 63.9. The van der Waals surface area contributed by atoms with Crippen molar-refractivity contribution in [3.63, 3.8) is 0 Å². The van der Waals surface area contributed by atoms with Crippen molar-refractivity contribution in [1.82, 2.24) is 4.90 Å². The number of amides is 1. The van der Waals surface area contributed by atoms with Gasteiger partial charge in [0.15, 0.2) is 23.6 Å². The molecule has 3 aliphatic carbocycles. The third-order valence-electron chi connectivity index (χ3n) is 18.5. The fourth-order valence-corrected chi connectivity index (χ4v) is 15.9. The van der Waals surface area contributed by atoms with Gasteiger partial charge in [0.1, 0.15) is 53.9 Å². The number of nitrogens with zero attached hydrogens (tertiary/aromatic N) is 1. The van der Waals surface area contributed by atoms with Gasteiger partial charge in [0.2, 0.25) is 0 Å². The number of benzene rings is 4. The lowest BCUT2D eigenvalue weighted by Gasteiger charge is -2.68. The number of ether oxygens (including phenoxy) is 9. The number of aliphatic hydroxyl groups is 1.